The maximum absolute atomic E-state index is 5.24. The van der Waals surface area contributed by atoms with Crippen molar-refractivity contribution in [1.29, 1.82) is 0 Å². The number of rotatable bonds is 5. The number of nitrogens with zero attached hydrogens (tertiary/aromatic N) is 2. The standard InChI is InChI=1S/C22H25N3O/c1-16-21(23-15-17-9-11-18(26-2)12-10-17)19-7-3-4-8-20(19)22(24-16)25-13-5-6-14-25/h3-4,7-12,23H,5-6,13-15H2,1-2H3. The molecule has 3 aromatic rings. The molecule has 134 valence electrons. The fraction of sp³-hybridized carbons (Fsp3) is 0.318. The first kappa shape index (κ1) is 16.7. The Kier molecular flexibility index (Phi) is 4.65. The summed E-state index contributed by atoms with van der Waals surface area (Å²) in [6.45, 7) is 5.08. The van der Waals surface area contributed by atoms with Gasteiger partial charge in [-0.2, -0.15) is 0 Å². The molecule has 1 aromatic heterocycles. The molecule has 2 heterocycles. The van der Waals surface area contributed by atoms with Gasteiger partial charge in [-0.3, -0.25) is 0 Å². The van der Waals surface area contributed by atoms with E-state index in [4.69, 9.17) is 9.72 Å². The minimum atomic E-state index is 0.763. The summed E-state index contributed by atoms with van der Waals surface area (Å²) in [6, 6.07) is 16.8. The molecule has 1 aliphatic heterocycles. The van der Waals surface area contributed by atoms with Gasteiger partial charge in [0.05, 0.1) is 18.5 Å². The zero-order chi connectivity index (χ0) is 17.9. The molecule has 26 heavy (non-hydrogen) atoms. The zero-order valence-electron chi connectivity index (χ0n) is 15.5. The molecule has 0 amide bonds. The summed E-state index contributed by atoms with van der Waals surface area (Å²) >= 11 is 0. The van der Waals surface area contributed by atoms with Gasteiger partial charge < -0.3 is 15.0 Å². The Morgan fingerprint density at radius 2 is 1.69 bits per heavy atom. The number of methoxy groups -OCH3 is 1. The number of ether oxygens (including phenoxy) is 1. The quantitative estimate of drug-likeness (QED) is 0.722. The van der Waals surface area contributed by atoms with Crippen LogP contribution in [0.25, 0.3) is 10.8 Å². The largest absolute Gasteiger partial charge is 0.497 e. The number of aryl methyl sites for hydroxylation is 1. The number of pyridine rings is 1. The molecule has 4 rings (SSSR count). The first-order valence-corrected chi connectivity index (χ1v) is 9.27. The average Bonchev–Trinajstić information content (AvgIpc) is 3.22. The minimum Gasteiger partial charge on any atom is -0.497 e. The van der Waals surface area contributed by atoms with Gasteiger partial charge in [-0.1, -0.05) is 36.4 Å². The van der Waals surface area contributed by atoms with Crippen molar-refractivity contribution in [3.63, 3.8) is 0 Å². The molecule has 0 radical (unpaired) electrons. The van der Waals surface area contributed by atoms with Crippen LogP contribution in [0.3, 0.4) is 0 Å². The molecule has 2 aromatic carbocycles. The Morgan fingerprint density at radius 1 is 1.00 bits per heavy atom. The number of aromatic nitrogens is 1. The van der Waals surface area contributed by atoms with Crippen LogP contribution in [0.5, 0.6) is 5.75 Å². The molecular weight excluding hydrogens is 322 g/mol. The van der Waals surface area contributed by atoms with Crippen molar-refractivity contribution in [2.45, 2.75) is 26.3 Å². The molecular formula is C22H25N3O. The van der Waals surface area contributed by atoms with Crippen molar-refractivity contribution in [1.82, 2.24) is 4.98 Å². The molecule has 0 spiro atoms. The van der Waals surface area contributed by atoms with Gasteiger partial charge in [0, 0.05) is 30.4 Å². The summed E-state index contributed by atoms with van der Waals surface area (Å²) in [5, 5.41) is 6.08. The van der Waals surface area contributed by atoms with E-state index in [0.717, 1.165) is 42.6 Å². The fourth-order valence-corrected chi connectivity index (χ4v) is 3.69. The van der Waals surface area contributed by atoms with Crippen LogP contribution in [0.1, 0.15) is 24.1 Å². The Balaban J connectivity index is 1.66. The predicted octanol–water partition coefficient (Wildman–Crippen LogP) is 4.76. The van der Waals surface area contributed by atoms with Crippen LogP contribution in [-0.4, -0.2) is 25.2 Å². The predicted molar refractivity (Wildman–Crippen MR) is 108 cm³/mol. The van der Waals surface area contributed by atoms with Crippen LogP contribution >= 0.6 is 0 Å². The number of anilines is 2. The number of benzene rings is 2. The molecule has 0 aliphatic carbocycles. The van der Waals surface area contributed by atoms with Gasteiger partial charge in [0.1, 0.15) is 11.6 Å². The van der Waals surface area contributed by atoms with E-state index in [0.29, 0.717) is 0 Å². The Bertz CT molecular complexity index is 899. The summed E-state index contributed by atoms with van der Waals surface area (Å²) in [5.74, 6) is 2.01. The Hall–Kier alpha value is -2.75. The lowest BCUT2D eigenvalue weighted by Gasteiger charge is -2.22. The maximum Gasteiger partial charge on any atom is 0.136 e. The van der Waals surface area contributed by atoms with E-state index in [1.165, 1.54) is 29.2 Å². The van der Waals surface area contributed by atoms with E-state index < -0.39 is 0 Å². The lowest BCUT2D eigenvalue weighted by Crippen LogP contribution is -2.20. The topological polar surface area (TPSA) is 37.4 Å². The highest BCUT2D eigenvalue weighted by molar-refractivity contribution is 6.01. The molecule has 1 N–H and O–H groups in total. The molecule has 4 heteroatoms. The van der Waals surface area contributed by atoms with Gasteiger partial charge in [0.2, 0.25) is 0 Å². The average molecular weight is 347 g/mol. The first-order valence-electron chi connectivity index (χ1n) is 9.27. The van der Waals surface area contributed by atoms with Crippen molar-refractivity contribution in [2.24, 2.45) is 0 Å². The second-order valence-electron chi connectivity index (χ2n) is 6.84. The highest BCUT2D eigenvalue weighted by atomic mass is 16.5. The summed E-state index contributed by atoms with van der Waals surface area (Å²) in [6.07, 6.45) is 2.51. The van der Waals surface area contributed by atoms with E-state index >= 15 is 0 Å². The van der Waals surface area contributed by atoms with E-state index in [1.807, 2.05) is 12.1 Å². The Morgan fingerprint density at radius 3 is 2.38 bits per heavy atom. The first-order chi connectivity index (χ1) is 12.8. The highest BCUT2D eigenvalue weighted by Gasteiger charge is 2.19. The van der Waals surface area contributed by atoms with E-state index in [-0.39, 0.29) is 0 Å². The summed E-state index contributed by atoms with van der Waals surface area (Å²) in [7, 11) is 1.69. The second-order valence-corrected chi connectivity index (χ2v) is 6.84. The Labute approximate surface area is 154 Å². The lowest BCUT2D eigenvalue weighted by atomic mass is 10.1. The molecule has 1 aliphatic rings. The van der Waals surface area contributed by atoms with Crippen molar-refractivity contribution >= 4 is 22.3 Å². The van der Waals surface area contributed by atoms with Crippen LogP contribution in [0, 0.1) is 6.92 Å². The molecule has 0 unspecified atom stereocenters. The van der Waals surface area contributed by atoms with Crippen LogP contribution in [0.15, 0.2) is 48.5 Å². The van der Waals surface area contributed by atoms with Gasteiger partial charge in [-0.15, -0.1) is 0 Å². The van der Waals surface area contributed by atoms with Gasteiger partial charge in [-0.05, 0) is 37.5 Å². The summed E-state index contributed by atoms with van der Waals surface area (Å²) in [4.78, 5) is 7.39. The molecule has 0 saturated carbocycles. The van der Waals surface area contributed by atoms with E-state index in [2.05, 4.69) is 53.5 Å². The molecule has 0 atom stereocenters. The normalized spacial score (nSPS) is 14.0. The van der Waals surface area contributed by atoms with Gasteiger partial charge in [-0.25, -0.2) is 4.98 Å². The van der Waals surface area contributed by atoms with Crippen LogP contribution in [0.2, 0.25) is 0 Å². The van der Waals surface area contributed by atoms with Crippen molar-refractivity contribution in [2.75, 3.05) is 30.4 Å². The summed E-state index contributed by atoms with van der Waals surface area (Å²) < 4.78 is 5.24. The van der Waals surface area contributed by atoms with Gasteiger partial charge >= 0.3 is 0 Å². The fourth-order valence-electron chi connectivity index (χ4n) is 3.69. The number of hydrogen-bond donors (Lipinski definition) is 1. The molecule has 0 bridgehead atoms. The monoisotopic (exact) mass is 347 g/mol. The molecule has 1 saturated heterocycles. The van der Waals surface area contributed by atoms with Gasteiger partial charge in [0.25, 0.3) is 0 Å². The maximum atomic E-state index is 5.24. The van der Waals surface area contributed by atoms with E-state index in [9.17, 15) is 0 Å². The SMILES string of the molecule is COc1ccc(CNc2c(C)nc(N3CCCC3)c3ccccc23)cc1. The van der Waals surface area contributed by atoms with Crippen molar-refractivity contribution in [3.8, 4) is 5.75 Å². The lowest BCUT2D eigenvalue weighted by molar-refractivity contribution is 0.414. The number of fused-ring (bicyclic) bond motifs is 1. The minimum absolute atomic E-state index is 0.763. The smallest absolute Gasteiger partial charge is 0.136 e. The second kappa shape index (κ2) is 7.24. The van der Waals surface area contributed by atoms with Gasteiger partial charge in [0.15, 0.2) is 0 Å². The number of hydrogen-bond acceptors (Lipinski definition) is 4. The van der Waals surface area contributed by atoms with Crippen LogP contribution in [0.4, 0.5) is 11.5 Å². The van der Waals surface area contributed by atoms with Crippen LogP contribution in [-0.2, 0) is 6.54 Å². The zero-order valence-corrected chi connectivity index (χ0v) is 15.5. The molecule has 4 nitrogen and oxygen atoms in total. The highest BCUT2D eigenvalue weighted by Crippen LogP contribution is 2.34. The molecule has 1 fully saturated rings. The third-order valence-corrected chi connectivity index (χ3v) is 5.11. The van der Waals surface area contributed by atoms with Crippen LogP contribution < -0.4 is 15.0 Å². The number of nitrogens with one attached hydrogen (secondary N) is 1. The van der Waals surface area contributed by atoms with Crippen molar-refractivity contribution < 1.29 is 4.74 Å². The third kappa shape index (κ3) is 3.19. The summed E-state index contributed by atoms with van der Waals surface area (Å²) in [5.41, 5.74) is 3.40. The third-order valence-electron chi connectivity index (χ3n) is 5.11. The van der Waals surface area contributed by atoms with Crippen molar-refractivity contribution in [3.05, 3.63) is 59.8 Å². The van der Waals surface area contributed by atoms with E-state index in [1.54, 1.807) is 7.11 Å².